The van der Waals surface area contributed by atoms with Crippen molar-refractivity contribution in [1.82, 2.24) is 9.55 Å². The van der Waals surface area contributed by atoms with Crippen LogP contribution in [0.25, 0.3) is 22.4 Å². The van der Waals surface area contributed by atoms with Gasteiger partial charge >= 0.3 is 0 Å². The zero-order valence-electron chi connectivity index (χ0n) is 16.3. The summed E-state index contributed by atoms with van der Waals surface area (Å²) in [6, 6.07) is 24.7. The molecule has 0 unspecified atom stereocenters. The van der Waals surface area contributed by atoms with Gasteiger partial charge in [-0.25, -0.2) is 4.98 Å². The molecule has 2 heterocycles. The van der Waals surface area contributed by atoms with E-state index < -0.39 is 0 Å². The molecule has 0 radical (unpaired) electrons. The number of fused-ring (bicyclic) bond motifs is 1. The fourth-order valence-electron chi connectivity index (χ4n) is 3.63. The molecule has 0 aliphatic heterocycles. The summed E-state index contributed by atoms with van der Waals surface area (Å²) < 4.78 is 7.71. The van der Waals surface area contributed by atoms with Crippen LogP contribution in [0.1, 0.15) is 21.7 Å². The molecule has 0 spiro atoms. The average molecular weight is 447 g/mol. The Bertz CT molecular complexity index is 1390. The molecular formula is C25H16Cl2N2O2. The fraction of sp³-hybridized carbons (Fsp3) is 0.0400. The van der Waals surface area contributed by atoms with Gasteiger partial charge in [0.05, 0.1) is 17.3 Å². The van der Waals surface area contributed by atoms with Crippen molar-refractivity contribution in [2.24, 2.45) is 0 Å². The number of carbonyl (C=O) groups excluding carboxylic acids is 1. The topological polar surface area (TPSA) is 48.0 Å². The minimum absolute atomic E-state index is 0.148. The molecule has 5 rings (SSSR count). The van der Waals surface area contributed by atoms with Gasteiger partial charge in [-0.15, -0.1) is 0 Å². The van der Waals surface area contributed by atoms with E-state index in [4.69, 9.17) is 27.6 Å². The van der Waals surface area contributed by atoms with Gasteiger partial charge in [-0.2, -0.15) is 0 Å². The van der Waals surface area contributed by atoms with Crippen molar-refractivity contribution in [3.05, 3.63) is 112 Å². The maximum absolute atomic E-state index is 13.4. The van der Waals surface area contributed by atoms with Crippen LogP contribution in [-0.4, -0.2) is 15.3 Å². The molecule has 3 aromatic carbocycles. The molecule has 0 saturated carbocycles. The first-order valence-electron chi connectivity index (χ1n) is 9.69. The van der Waals surface area contributed by atoms with Crippen LogP contribution in [0.4, 0.5) is 0 Å². The number of hydrogen-bond acceptors (Lipinski definition) is 3. The number of hydrogen-bond donors (Lipinski definition) is 0. The van der Waals surface area contributed by atoms with Gasteiger partial charge in [-0.3, -0.25) is 4.79 Å². The Morgan fingerprint density at radius 2 is 1.61 bits per heavy atom. The Hall–Kier alpha value is -3.34. The summed E-state index contributed by atoms with van der Waals surface area (Å²) in [6.45, 7) is 0.509. The molecule has 6 heteroatoms. The molecule has 0 fully saturated rings. The van der Waals surface area contributed by atoms with Crippen LogP contribution >= 0.6 is 23.2 Å². The maximum Gasteiger partial charge on any atom is 0.233 e. The van der Waals surface area contributed by atoms with Crippen LogP contribution in [0.15, 0.2) is 89.5 Å². The minimum atomic E-state index is -0.300. The molecule has 2 aromatic heterocycles. The van der Waals surface area contributed by atoms with Gasteiger partial charge in [-0.05, 0) is 35.9 Å². The number of ketones is 1. The number of rotatable bonds is 5. The largest absolute Gasteiger partial charge is 0.433 e. The lowest BCUT2D eigenvalue weighted by Crippen LogP contribution is -2.03. The van der Waals surface area contributed by atoms with Crippen molar-refractivity contribution in [3.8, 4) is 11.5 Å². The SMILES string of the molecule is O=C(c1cnc(-c2ccccc2)o1)c1c(Cl)n(Cc2ccc(Cl)cc2)c2ccccc12. The standard InChI is InChI=1S/C25H16Cl2N2O2/c26-18-12-10-16(11-13-18)15-29-20-9-5-4-8-19(20)22(24(29)27)23(30)21-14-28-25(31-21)17-6-2-1-3-7-17/h1-14H,15H2. The second-order valence-electron chi connectivity index (χ2n) is 7.12. The first-order valence-corrected chi connectivity index (χ1v) is 10.4. The van der Waals surface area contributed by atoms with Crippen molar-refractivity contribution in [2.75, 3.05) is 0 Å². The average Bonchev–Trinajstić information content (AvgIpc) is 3.40. The summed E-state index contributed by atoms with van der Waals surface area (Å²) in [5, 5.41) is 1.80. The number of oxazole rings is 1. The first-order chi connectivity index (χ1) is 15.1. The van der Waals surface area contributed by atoms with Crippen LogP contribution in [0.2, 0.25) is 10.2 Å². The highest BCUT2D eigenvalue weighted by atomic mass is 35.5. The first kappa shape index (κ1) is 19.6. The van der Waals surface area contributed by atoms with Gasteiger partial charge in [0.2, 0.25) is 11.7 Å². The van der Waals surface area contributed by atoms with Crippen molar-refractivity contribution in [3.63, 3.8) is 0 Å². The second kappa shape index (κ2) is 8.06. The van der Waals surface area contributed by atoms with E-state index in [1.807, 2.05) is 83.4 Å². The monoisotopic (exact) mass is 446 g/mol. The van der Waals surface area contributed by atoms with E-state index in [2.05, 4.69) is 4.98 Å². The van der Waals surface area contributed by atoms with E-state index in [9.17, 15) is 4.79 Å². The lowest BCUT2D eigenvalue weighted by atomic mass is 10.1. The Labute approximate surface area is 188 Å². The summed E-state index contributed by atoms with van der Waals surface area (Å²) in [5.74, 6) is 0.242. The Balaban J connectivity index is 1.57. The molecule has 0 aliphatic carbocycles. The number of halogens is 2. The highest BCUT2D eigenvalue weighted by Crippen LogP contribution is 2.33. The molecular weight excluding hydrogens is 431 g/mol. The Morgan fingerprint density at radius 1 is 0.903 bits per heavy atom. The Morgan fingerprint density at radius 3 is 2.39 bits per heavy atom. The molecule has 4 nitrogen and oxygen atoms in total. The summed E-state index contributed by atoms with van der Waals surface area (Å²) >= 11 is 12.8. The lowest BCUT2D eigenvalue weighted by molar-refractivity contribution is 0.101. The highest BCUT2D eigenvalue weighted by Gasteiger charge is 2.25. The summed E-state index contributed by atoms with van der Waals surface area (Å²) in [7, 11) is 0. The number of nitrogens with zero attached hydrogens (tertiary/aromatic N) is 2. The Kier molecular flexibility index (Phi) is 5.10. The van der Waals surface area contributed by atoms with Gasteiger partial charge in [0.15, 0.2) is 5.76 Å². The molecule has 5 aromatic rings. The molecule has 0 aliphatic rings. The molecule has 31 heavy (non-hydrogen) atoms. The third-order valence-corrected chi connectivity index (χ3v) is 5.78. The molecule has 152 valence electrons. The highest BCUT2D eigenvalue weighted by molar-refractivity contribution is 6.37. The normalized spacial score (nSPS) is 11.2. The predicted octanol–water partition coefficient (Wildman–Crippen LogP) is 6.88. The molecule has 0 amide bonds. The minimum Gasteiger partial charge on any atom is -0.433 e. The van der Waals surface area contributed by atoms with Crippen molar-refractivity contribution in [1.29, 1.82) is 0 Å². The van der Waals surface area contributed by atoms with E-state index >= 15 is 0 Å². The fourth-order valence-corrected chi connectivity index (χ4v) is 4.10. The van der Waals surface area contributed by atoms with Gasteiger partial charge in [-0.1, -0.05) is 71.7 Å². The van der Waals surface area contributed by atoms with Gasteiger partial charge in [0.1, 0.15) is 5.15 Å². The van der Waals surface area contributed by atoms with Gasteiger partial charge in [0.25, 0.3) is 0 Å². The molecule has 0 atom stereocenters. The summed E-state index contributed by atoms with van der Waals surface area (Å²) in [4.78, 5) is 17.7. The van der Waals surface area contributed by atoms with E-state index in [-0.39, 0.29) is 11.5 Å². The van der Waals surface area contributed by atoms with E-state index in [0.717, 1.165) is 22.0 Å². The van der Waals surface area contributed by atoms with Crippen LogP contribution in [0, 0.1) is 0 Å². The zero-order chi connectivity index (χ0) is 21.4. The van der Waals surface area contributed by atoms with Crippen molar-refractivity contribution >= 4 is 39.9 Å². The number of benzene rings is 3. The second-order valence-corrected chi connectivity index (χ2v) is 7.91. The zero-order valence-corrected chi connectivity index (χ0v) is 17.8. The number of carbonyl (C=O) groups is 1. The van der Waals surface area contributed by atoms with Crippen LogP contribution in [0.5, 0.6) is 0 Å². The third kappa shape index (κ3) is 3.65. The molecule has 0 saturated heterocycles. The van der Waals surface area contributed by atoms with Crippen molar-refractivity contribution < 1.29 is 9.21 Å². The summed E-state index contributed by atoms with van der Waals surface area (Å²) in [5.41, 5.74) is 3.10. The number of aromatic nitrogens is 2. The van der Waals surface area contributed by atoms with Crippen LogP contribution < -0.4 is 0 Å². The number of para-hydroxylation sites is 1. The van der Waals surface area contributed by atoms with E-state index in [1.165, 1.54) is 6.20 Å². The van der Waals surface area contributed by atoms with Gasteiger partial charge < -0.3 is 8.98 Å². The maximum atomic E-state index is 13.4. The van der Waals surface area contributed by atoms with Gasteiger partial charge in [0, 0.05) is 22.5 Å². The van der Waals surface area contributed by atoms with Crippen molar-refractivity contribution in [2.45, 2.75) is 6.54 Å². The molecule has 0 bridgehead atoms. The molecule has 0 N–H and O–H groups in total. The van der Waals surface area contributed by atoms with E-state index in [0.29, 0.717) is 28.2 Å². The third-order valence-electron chi connectivity index (χ3n) is 5.14. The smallest absolute Gasteiger partial charge is 0.233 e. The lowest BCUT2D eigenvalue weighted by Gasteiger charge is -2.07. The van der Waals surface area contributed by atoms with Crippen LogP contribution in [-0.2, 0) is 6.54 Å². The quantitative estimate of drug-likeness (QED) is 0.276. The van der Waals surface area contributed by atoms with Crippen LogP contribution in [0.3, 0.4) is 0 Å². The van der Waals surface area contributed by atoms with E-state index in [1.54, 1.807) is 0 Å². The predicted molar refractivity (Wildman–Crippen MR) is 123 cm³/mol. The summed E-state index contributed by atoms with van der Waals surface area (Å²) in [6.07, 6.45) is 1.45.